The predicted molar refractivity (Wildman–Crippen MR) is 76.0 cm³/mol. The summed E-state index contributed by atoms with van der Waals surface area (Å²) in [6, 6.07) is 2.92. The lowest BCUT2D eigenvalue weighted by Gasteiger charge is -2.34. The number of hydrogen-bond acceptors (Lipinski definition) is 2. The first-order valence-electron chi connectivity index (χ1n) is 7.21. The lowest BCUT2D eigenvalue weighted by Crippen LogP contribution is -2.27. The van der Waals surface area contributed by atoms with Gasteiger partial charge in [0.05, 0.1) is 11.4 Å². The summed E-state index contributed by atoms with van der Waals surface area (Å²) in [6.45, 7) is 9.33. The van der Waals surface area contributed by atoms with Crippen LogP contribution >= 0.6 is 0 Å². The molecule has 0 radical (unpaired) electrons. The smallest absolute Gasteiger partial charge is 0.0658 e. The fourth-order valence-electron chi connectivity index (χ4n) is 3.33. The first kappa shape index (κ1) is 12.0. The van der Waals surface area contributed by atoms with Crippen molar-refractivity contribution in [2.75, 3.05) is 5.32 Å². The second-order valence-electron chi connectivity index (χ2n) is 7.14. The van der Waals surface area contributed by atoms with E-state index in [1.165, 1.54) is 41.9 Å². The van der Waals surface area contributed by atoms with Crippen molar-refractivity contribution in [3.63, 3.8) is 0 Å². The average Bonchev–Trinajstić information content (AvgIpc) is 2.62. The summed E-state index contributed by atoms with van der Waals surface area (Å²) >= 11 is 0. The highest BCUT2D eigenvalue weighted by molar-refractivity contribution is 5.56. The molecular formula is C16H24N2. The minimum atomic E-state index is 0.414. The standard InChI is InChI=1S/C16H24N2/c1-10-7-14-15(17-10)9-11-8-12(16(2,3)4)5-6-13(11)18-14/h9-10,12,17H,5-8H2,1-4H3. The van der Waals surface area contributed by atoms with Crippen LogP contribution in [0.1, 0.15) is 51.1 Å². The van der Waals surface area contributed by atoms with Gasteiger partial charge in [-0.1, -0.05) is 20.8 Å². The molecule has 0 aromatic carbocycles. The zero-order valence-electron chi connectivity index (χ0n) is 12.0. The summed E-state index contributed by atoms with van der Waals surface area (Å²) < 4.78 is 0. The van der Waals surface area contributed by atoms with Crippen LogP contribution in [0.15, 0.2) is 6.07 Å². The van der Waals surface area contributed by atoms with Crippen LogP contribution in [0.5, 0.6) is 0 Å². The zero-order valence-corrected chi connectivity index (χ0v) is 12.0. The number of pyridine rings is 1. The summed E-state index contributed by atoms with van der Waals surface area (Å²) in [5, 5.41) is 3.54. The number of anilines is 1. The van der Waals surface area contributed by atoms with Gasteiger partial charge in [-0.2, -0.15) is 0 Å². The monoisotopic (exact) mass is 244 g/mol. The third-order valence-electron chi connectivity index (χ3n) is 4.59. The highest BCUT2D eigenvalue weighted by Crippen LogP contribution is 2.38. The third-order valence-corrected chi connectivity index (χ3v) is 4.59. The Hall–Kier alpha value is -1.05. The van der Waals surface area contributed by atoms with Crippen molar-refractivity contribution < 1.29 is 0 Å². The van der Waals surface area contributed by atoms with Crippen LogP contribution in [-0.4, -0.2) is 11.0 Å². The number of fused-ring (bicyclic) bond motifs is 2. The van der Waals surface area contributed by atoms with E-state index in [1.54, 1.807) is 0 Å². The molecule has 2 nitrogen and oxygen atoms in total. The molecular weight excluding hydrogens is 220 g/mol. The molecule has 1 aromatic heterocycles. The molecule has 98 valence electrons. The maximum absolute atomic E-state index is 4.90. The van der Waals surface area contributed by atoms with Gasteiger partial charge in [-0.3, -0.25) is 4.98 Å². The first-order valence-corrected chi connectivity index (χ1v) is 7.21. The molecule has 0 saturated heterocycles. The maximum atomic E-state index is 4.90. The number of nitrogens with one attached hydrogen (secondary N) is 1. The lowest BCUT2D eigenvalue weighted by atomic mass is 9.71. The van der Waals surface area contributed by atoms with Crippen LogP contribution in [-0.2, 0) is 19.3 Å². The van der Waals surface area contributed by atoms with E-state index in [9.17, 15) is 0 Å². The largest absolute Gasteiger partial charge is 0.381 e. The fourth-order valence-corrected chi connectivity index (χ4v) is 3.33. The minimum absolute atomic E-state index is 0.414. The van der Waals surface area contributed by atoms with Gasteiger partial charge in [0.2, 0.25) is 0 Å². The Morgan fingerprint density at radius 1 is 1.22 bits per heavy atom. The molecule has 2 heterocycles. The summed E-state index contributed by atoms with van der Waals surface area (Å²) in [4.78, 5) is 4.90. The number of aryl methyl sites for hydroxylation is 1. The van der Waals surface area contributed by atoms with E-state index in [2.05, 4.69) is 39.1 Å². The van der Waals surface area contributed by atoms with Crippen LogP contribution in [0, 0.1) is 11.3 Å². The average molecular weight is 244 g/mol. The molecule has 2 atom stereocenters. The number of aromatic nitrogens is 1. The van der Waals surface area contributed by atoms with Gasteiger partial charge in [0.25, 0.3) is 0 Å². The van der Waals surface area contributed by atoms with Gasteiger partial charge in [-0.05, 0) is 49.1 Å². The molecule has 1 aromatic rings. The number of hydrogen-bond donors (Lipinski definition) is 1. The number of rotatable bonds is 0. The van der Waals surface area contributed by atoms with Gasteiger partial charge >= 0.3 is 0 Å². The summed E-state index contributed by atoms with van der Waals surface area (Å²) in [6.07, 6.45) is 4.75. The van der Waals surface area contributed by atoms with Crippen molar-refractivity contribution in [2.45, 2.75) is 59.4 Å². The zero-order chi connectivity index (χ0) is 12.9. The summed E-state index contributed by atoms with van der Waals surface area (Å²) in [7, 11) is 0. The molecule has 0 spiro atoms. The predicted octanol–water partition coefficient (Wildman–Crippen LogP) is 3.59. The molecule has 1 aliphatic carbocycles. The third kappa shape index (κ3) is 2.02. The Kier molecular flexibility index (Phi) is 2.65. The quantitative estimate of drug-likeness (QED) is 0.754. The Bertz CT molecular complexity index is 471. The van der Waals surface area contributed by atoms with Gasteiger partial charge in [0.1, 0.15) is 0 Å². The van der Waals surface area contributed by atoms with E-state index in [0.29, 0.717) is 11.5 Å². The van der Waals surface area contributed by atoms with Crippen LogP contribution in [0.3, 0.4) is 0 Å². The molecule has 1 aliphatic heterocycles. The van der Waals surface area contributed by atoms with Gasteiger partial charge in [-0.25, -0.2) is 0 Å². The Balaban J connectivity index is 1.91. The molecule has 0 fully saturated rings. The molecule has 0 bridgehead atoms. The van der Waals surface area contributed by atoms with Crippen molar-refractivity contribution >= 4 is 5.69 Å². The lowest BCUT2D eigenvalue weighted by molar-refractivity contribution is 0.215. The summed E-state index contributed by atoms with van der Waals surface area (Å²) in [5.74, 6) is 0.795. The molecule has 18 heavy (non-hydrogen) atoms. The van der Waals surface area contributed by atoms with Crippen molar-refractivity contribution in [1.82, 2.24) is 4.98 Å². The molecule has 2 aliphatic rings. The topological polar surface area (TPSA) is 24.9 Å². The highest BCUT2D eigenvalue weighted by Gasteiger charge is 2.30. The second-order valence-corrected chi connectivity index (χ2v) is 7.14. The minimum Gasteiger partial charge on any atom is -0.381 e. The van der Waals surface area contributed by atoms with Crippen molar-refractivity contribution in [2.24, 2.45) is 11.3 Å². The Morgan fingerprint density at radius 2 is 2.00 bits per heavy atom. The molecule has 1 N–H and O–H groups in total. The van der Waals surface area contributed by atoms with Gasteiger partial charge in [0.15, 0.2) is 0 Å². The van der Waals surface area contributed by atoms with Gasteiger partial charge in [-0.15, -0.1) is 0 Å². The van der Waals surface area contributed by atoms with Crippen LogP contribution in [0.25, 0.3) is 0 Å². The maximum Gasteiger partial charge on any atom is 0.0658 e. The molecule has 2 heteroatoms. The van der Waals surface area contributed by atoms with E-state index >= 15 is 0 Å². The molecule has 0 amide bonds. The van der Waals surface area contributed by atoms with Crippen LogP contribution < -0.4 is 5.32 Å². The van der Waals surface area contributed by atoms with Crippen LogP contribution in [0.2, 0.25) is 0 Å². The van der Waals surface area contributed by atoms with Crippen molar-refractivity contribution in [1.29, 1.82) is 0 Å². The SMILES string of the molecule is CC1Cc2nc3c(cc2N1)CC(C(C)(C)C)CC3. The molecule has 2 unspecified atom stereocenters. The fraction of sp³-hybridized carbons (Fsp3) is 0.688. The van der Waals surface area contributed by atoms with Crippen molar-refractivity contribution in [3.05, 3.63) is 23.0 Å². The summed E-state index contributed by atoms with van der Waals surface area (Å²) in [5.41, 5.74) is 5.84. The Labute approximate surface area is 110 Å². The molecule has 0 saturated carbocycles. The van der Waals surface area contributed by atoms with Gasteiger partial charge < -0.3 is 5.32 Å². The van der Waals surface area contributed by atoms with E-state index in [-0.39, 0.29) is 0 Å². The molecule has 3 rings (SSSR count). The van der Waals surface area contributed by atoms with E-state index in [0.717, 1.165) is 12.3 Å². The highest BCUT2D eigenvalue weighted by atomic mass is 15.0. The number of nitrogens with zero attached hydrogens (tertiary/aromatic N) is 1. The van der Waals surface area contributed by atoms with E-state index in [4.69, 9.17) is 4.98 Å². The van der Waals surface area contributed by atoms with Crippen LogP contribution in [0.4, 0.5) is 5.69 Å². The Morgan fingerprint density at radius 3 is 2.72 bits per heavy atom. The normalized spacial score (nSPS) is 26.4. The second kappa shape index (κ2) is 3.97. The van der Waals surface area contributed by atoms with Gasteiger partial charge in [0, 0.05) is 18.2 Å². The van der Waals surface area contributed by atoms with E-state index < -0.39 is 0 Å². The van der Waals surface area contributed by atoms with Crippen molar-refractivity contribution in [3.8, 4) is 0 Å². The first-order chi connectivity index (χ1) is 8.43. The van der Waals surface area contributed by atoms with E-state index in [1.807, 2.05) is 0 Å².